The first kappa shape index (κ1) is 18.8. The highest BCUT2D eigenvalue weighted by Crippen LogP contribution is 2.27. The molecule has 0 aromatic rings. The number of hydrogen-bond donors (Lipinski definition) is 4. The maximum absolute atomic E-state index is 11.5. The third-order valence-corrected chi connectivity index (χ3v) is 3.49. The van der Waals surface area contributed by atoms with Gasteiger partial charge in [0.25, 0.3) is 0 Å². The van der Waals surface area contributed by atoms with E-state index >= 15 is 0 Å². The Morgan fingerprint density at radius 2 is 1.09 bits per heavy atom. The third-order valence-electron chi connectivity index (χ3n) is 3.49. The summed E-state index contributed by atoms with van der Waals surface area (Å²) in [6, 6.07) is 0. The van der Waals surface area contributed by atoms with Gasteiger partial charge in [-0.05, 0) is 12.8 Å². The lowest BCUT2D eigenvalue weighted by Gasteiger charge is -2.42. The van der Waals surface area contributed by atoms with Crippen molar-refractivity contribution >= 4 is 11.9 Å². The Morgan fingerprint density at radius 3 is 1.41 bits per heavy atom. The van der Waals surface area contributed by atoms with Crippen LogP contribution in [0.3, 0.4) is 0 Å². The van der Waals surface area contributed by atoms with Gasteiger partial charge in [-0.3, -0.25) is 9.59 Å². The first-order chi connectivity index (χ1) is 10.3. The lowest BCUT2D eigenvalue weighted by Crippen LogP contribution is -2.65. The van der Waals surface area contributed by atoms with Gasteiger partial charge in [-0.25, -0.2) is 0 Å². The zero-order chi connectivity index (χ0) is 16.9. The molecule has 1 saturated carbocycles. The molecule has 1 aliphatic rings. The van der Waals surface area contributed by atoms with Crippen LogP contribution in [0.2, 0.25) is 0 Å². The first-order valence-electron chi connectivity index (χ1n) is 7.44. The normalized spacial score (nSPS) is 35.0. The minimum Gasteiger partial charge on any atom is -0.457 e. The Balaban J connectivity index is 2.84. The Labute approximate surface area is 128 Å². The summed E-state index contributed by atoms with van der Waals surface area (Å²) in [4.78, 5) is 23.1. The summed E-state index contributed by atoms with van der Waals surface area (Å²) >= 11 is 0. The van der Waals surface area contributed by atoms with Crippen molar-refractivity contribution in [3.8, 4) is 0 Å². The zero-order valence-corrected chi connectivity index (χ0v) is 12.7. The number of carbonyl (C=O) groups excluding carboxylic acids is 2. The fourth-order valence-electron chi connectivity index (χ4n) is 2.29. The van der Waals surface area contributed by atoms with Crippen LogP contribution in [0.25, 0.3) is 0 Å². The summed E-state index contributed by atoms with van der Waals surface area (Å²) in [6.07, 6.45) is -8.45. The van der Waals surface area contributed by atoms with Crippen LogP contribution < -0.4 is 0 Å². The summed E-state index contributed by atoms with van der Waals surface area (Å²) in [6.45, 7) is 3.51. The molecule has 0 spiro atoms. The second-order valence-corrected chi connectivity index (χ2v) is 5.37. The first-order valence-corrected chi connectivity index (χ1v) is 7.44. The van der Waals surface area contributed by atoms with Gasteiger partial charge in [-0.1, -0.05) is 13.8 Å². The molecule has 4 N–H and O–H groups in total. The monoisotopic (exact) mass is 320 g/mol. The third kappa shape index (κ3) is 4.39. The van der Waals surface area contributed by atoms with Gasteiger partial charge < -0.3 is 29.9 Å². The van der Waals surface area contributed by atoms with Gasteiger partial charge in [0.1, 0.15) is 24.4 Å². The van der Waals surface area contributed by atoms with Crippen LogP contribution in [0.4, 0.5) is 0 Å². The Kier molecular flexibility index (Phi) is 7.21. The standard InChI is InChI=1S/C14H24O8/c1-3-5-7(15)21-13-10(18)9(17)11(19)14(12(13)20)22-8(16)6-4-2/h9-14,17-20H,3-6H2,1-2H3/t9?,10-,11+,12?,13-,14-/m0/s1. The molecule has 1 aliphatic carbocycles. The maximum atomic E-state index is 11.5. The van der Waals surface area contributed by atoms with Gasteiger partial charge in [-0.15, -0.1) is 0 Å². The molecule has 0 saturated heterocycles. The fraction of sp³-hybridized carbons (Fsp3) is 0.857. The van der Waals surface area contributed by atoms with Crippen molar-refractivity contribution in [2.24, 2.45) is 0 Å². The van der Waals surface area contributed by atoms with Crippen LogP contribution in [0.1, 0.15) is 39.5 Å². The molecule has 8 nitrogen and oxygen atoms in total. The van der Waals surface area contributed by atoms with Gasteiger partial charge in [0, 0.05) is 12.8 Å². The molecular weight excluding hydrogens is 296 g/mol. The maximum Gasteiger partial charge on any atom is 0.306 e. The van der Waals surface area contributed by atoms with E-state index in [1.165, 1.54) is 0 Å². The van der Waals surface area contributed by atoms with Crippen LogP contribution in [-0.2, 0) is 19.1 Å². The topological polar surface area (TPSA) is 134 Å². The van der Waals surface area contributed by atoms with Gasteiger partial charge in [-0.2, -0.15) is 0 Å². The molecule has 0 aromatic heterocycles. The van der Waals surface area contributed by atoms with Crippen molar-refractivity contribution in [1.29, 1.82) is 0 Å². The predicted octanol–water partition coefficient (Wildman–Crippen LogP) is -1.13. The van der Waals surface area contributed by atoms with Crippen molar-refractivity contribution in [2.75, 3.05) is 0 Å². The van der Waals surface area contributed by atoms with Crippen LogP contribution in [0.15, 0.2) is 0 Å². The lowest BCUT2D eigenvalue weighted by molar-refractivity contribution is -0.241. The molecule has 0 aromatic carbocycles. The number of aliphatic hydroxyl groups excluding tert-OH is 4. The van der Waals surface area contributed by atoms with Gasteiger partial charge in [0.05, 0.1) is 0 Å². The molecule has 128 valence electrons. The molecular formula is C14H24O8. The number of rotatable bonds is 6. The second kappa shape index (κ2) is 8.42. The van der Waals surface area contributed by atoms with Crippen molar-refractivity contribution < 1.29 is 39.5 Å². The lowest BCUT2D eigenvalue weighted by atomic mass is 9.84. The van der Waals surface area contributed by atoms with Gasteiger partial charge >= 0.3 is 11.9 Å². The molecule has 22 heavy (non-hydrogen) atoms. The number of hydrogen-bond acceptors (Lipinski definition) is 8. The SMILES string of the molecule is CCCC(=O)O[C@@H]1C(O)[C@@H](OC(=O)CCC)[C@@H](O)C(O)[C@H]1O. The molecule has 1 fully saturated rings. The van der Waals surface area contributed by atoms with E-state index in [0.717, 1.165) is 0 Å². The number of ether oxygens (including phenoxy) is 2. The Hall–Kier alpha value is -1.22. The second-order valence-electron chi connectivity index (χ2n) is 5.37. The van der Waals surface area contributed by atoms with Crippen LogP contribution >= 0.6 is 0 Å². The highest BCUT2D eigenvalue weighted by molar-refractivity contribution is 5.70. The molecule has 1 rings (SSSR count). The highest BCUT2D eigenvalue weighted by atomic mass is 16.6. The average Bonchev–Trinajstić information content (AvgIpc) is 2.47. The Morgan fingerprint density at radius 1 is 0.727 bits per heavy atom. The summed E-state index contributed by atoms with van der Waals surface area (Å²) in [5.74, 6) is -1.32. The number of carbonyl (C=O) groups is 2. The van der Waals surface area contributed by atoms with E-state index in [0.29, 0.717) is 12.8 Å². The summed E-state index contributed by atoms with van der Waals surface area (Å²) in [7, 11) is 0. The van der Waals surface area contributed by atoms with Crippen molar-refractivity contribution in [2.45, 2.75) is 76.2 Å². The predicted molar refractivity (Wildman–Crippen MR) is 73.6 cm³/mol. The minimum absolute atomic E-state index is 0.0783. The molecule has 6 atom stereocenters. The van der Waals surface area contributed by atoms with Gasteiger partial charge in [0.15, 0.2) is 12.2 Å². The van der Waals surface area contributed by atoms with E-state index in [1.54, 1.807) is 13.8 Å². The van der Waals surface area contributed by atoms with Crippen LogP contribution in [0, 0.1) is 0 Å². The van der Waals surface area contributed by atoms with E-state index in [4.69, 9.17) is 9.47 Å². The highest BCUT2D eigenvalue weighted by Gasteiger charge is 2.52. The van der Waals surface area contributed by atoms with Gasteiger partial charge in [0.2, 0.25) is 0 Å². The number of esters is 2. The number of aliphatic hydroxyl groups is 4. The van der Waals surface area contributed by atoms with E-state index in [-0.39, 0.29) is 12.8 Å². The molecule has 0 heterocycles. The molecule has 2 unspecified atom stereocenters. The van der Waals surface area contributed by atoms with Crippen molar-refractivity contribution in [1.82, 2.24) is 0 Å². The quantitative estimate of drug-likeness (QED) is 0.452. The molecule has 0 bridgehead atoms. The summed E-state index contributed by atoms with van der Waals surface area (Å²) < 4.78 is 9.89. The smallest absolute Gasteiger partial charge is 0.306 e. The Bertz CT molecular complexity index is 351. The average molecular weight is 320 g/mol. The van der Waals surface area contributed by atoms with Crippen LogP contribution in [0.5, 0.6) is 0 Å². The van der Waals surface area contributed by atoms with E-state index in [9.17, 15) is 30.0 Å². The molecule has 8 heteroatoms. The van der Waals surface area contributed by atoms with E-state index in [1.807, 2.05) is 0 Å². The van der Waals surface area contributed by atoms with Crippen molar-refractivity contribution in [3.05, 3.63) is 0 Å². The molecule has 0 aliphatic heterocycles. The minimum atomic E-state index is -1.71. The van der Waals surface area contributed by atoms with E-state index in [2.05, 4.69) is 0 Å². The van der Waals surface area contributed by atoms with E-state index < -0.39 is 48.6 Å². The summed E-state index contributed by atoms with van der Waals surface area (Å²) in [5.41, 5.74) is 0. The largest absolute Gasteiger partial charge is 0.457 e. The van der Waals surface area contributed by atoms with Crippen molar-refractivity contribution in [3.63, 3.8) is 0 Å². The van der Waals surface area contributed by atoms with Crippen LogP contribution in [-0.4, -0.2) is 69.0 Å². The molecule has 0 radical (unpaired) electrons. The fourth-order valence-corrected chi connectivity index (χ4v) is 2.29. The summed E-state index contributed by atoms with van der Waals surface area (Å²) in [5, 5.41) is 39.7. The zero-order valence-electron chi connectivity index (χ0n) is 12.7. The molecule has 0 amide bonds.